The van der Waals surface area contributed by atoms with Crippen LogP contribution in [0, 0.1) is 6.92 Å². The lowest BCUT2D eigenvalue weighted by Crippen LogP contribution is -2.54. The summed E-state index contributed by atoms with van der Waals surface area (Å²) in [5.41, 5.74) is -0.853. The topological polar surface area (TPSA) is 99.8 Å². The molecule has 0 aromatic carbocycles. The van der Waals surface area contributed by atoms with Gasteiger partial charge in [0.25, 0.3) is 0 Å². The normalized spacial score (nSPS) is 21.7. The summed E-state index contributed by atoms with van der Waals surface area (Å²) in [6.07, 6.45) is 6.14. The van der Waals surface area contributed by atoms with Crippen LogP contribution in [0.2, 0.25) is 0 Å². The molecule has 29 heavy (non-hydrogen) atoms. The van der Waals surface area contributed by atoms with Crippen LogP contribution < -0.4 is 10.6 Å². The van der Waals surface area contributed by atoms with Gasteiger partial charge in [0.05, 0.1) is 18.8 Å². The maximum atomic E-state index is 10.9. The number of nitrogens with zero attached hydrogens (tertiary/aromatic N) is 5. The van der Waals surface area contributed by atoms with Crippen molar-refractivity contribution in [3.63, 3.8) is 0 Å². The average Bonchev–Trinajstić information content (AvgIpc) is 3.03. The van der Waals surface area contributed by atoms with E-state index in [1.165, 1.54) is 19.3 Å². The molecule has 3 N–H and O–H groups in total. The fraction of sp³-hybridized carbons (Fsp3) is 0.850. The summed E-state index contributed by atoms with van der Waals surface area (Å²) in [5.74, 6) is 2.44. The summed E-state index contributed by atoms with van der Waals surface area (Å²) in [6.45, 7) is 8.50. The lowest BCUT2D eigenvalue weighted by atomic mass is 9.96. The van der Waals surface area contributed by atoms with E-state index in [2.05, 4.69) is 25.7 Å². The fourth-order valence-corrected chi connectivity index (χ4v) is 3.90. The van der Waals surface area contributed by atoms with Crippen LogP contribution in [0.4, 0.5) is 0 Å². The Hall–Kier alpha value is -1.71. The van der Waals surface area contributed by atoms with E-state index in [-0.39, 0.29) is 0 Å². The maximum absolute atomic E-state index is 10.9. The highest BCUT2D eigenvalue weighted by Crippen LogP contribution is 2.17. The molecule has 1 aromatic heterocycles. The monoisotopic (exact) mass is 407 g/mol. The highest BCUT2D eigenvalue weighted by molar-refractivity contribution is 5.80. The summed E-state index contributed by atoms with van der Waals surface area (Å²) >= 11 is 0. The van der Waals surface area contributed by atoms with Gasteiger partial charge in [-0.3, -0.25) is 4.90 Å². The number of rotatable bonds is 7. The molecule has 0 bridgehead atoms. The van der Waals surface area contributed by atoms with Crippen molar-refractivity contribution < 1.29 is 9.84 Å². The first-order valence-electron chi connectivity index (χ1n) is 10.9. The van der Waals surface area contributed by atoms with Crippen LogP contribution in [0.1, 0.15) is 50.7 Å². The second-order valence-corrected chi connectivity index (χ2v) is 8.61. The Morgan fingerprint density at radius 1 is 1.24 bits per heavy atom. The lowest BCUT2D eigenvalue weighted by Gasteiger charge is -2.34. The Kier molecular flexibility index (Phi) is 7.85. The molecule has 1 atom stereocenters. The zero-order valence-corrected chi connectivity index (χ0v) is 18.2. The molecule has 1 saturated carbocycles. The van der Waals surface area contributed by atoms with Crippen molar-refractivity contribution in [3.05, 3.63) is 11.6 Å². The number of morpholine rings is 1. The van der Waals surface area contributed by atoms with E-state index in [1.54, 1.807) is 0 Å². The van der Waals surface area contributed by atoms with E-state index in [1.807, 2.05) is 25.5 Å². The van der Waals surface area contributed by atoms with Gasteiger partial charge in [0.15, 0.2) is 11.8 Å². The Balaban J connectivity index is 1.60. The standard InChI is InChI=1S/C20H37N7O2/c1-16-24-25-18(26(16)3)13-21-19(23-17-7-5-4-6-8-17)22-14-20(2,28)15-27-9-11-29-12-10-27/h17,28H,4-15H2,1-3H3,(H2,21,22,23). The van der Waals surface area contributed by atoms with E-state index in [0.717, 1.165) is 56.8 Å². The van der Waals surface area contributed by atoms with Crippen LogP contribution in [0.25, 0.3) is 0 Å². The Morgan fingerprint density at radius 2 is 1.97 bits per heavy atom. The van der Waals surface area contributed by atoms with Gasteiger partial charge < -0.3 is 25.0 Å². The van der Waals surface area contributed by atoms with E-state index in [4.69, 9.17) is 9.73 Å². The van der Waals surface area contributed by atoms with Gasteiger partial charge >= 0.3 is 0 Å². The third kappa shape index (κ3) is 6.94. The Bertz CT molecular complexity index is 662. The Labute approximate surface area is 173 Å². The summed E-state index contributed by atoms with van der Waals surface area (Å²) in [4.78, 5) is 6.99. The van der Waals surface area contributed by atoms with Gasteiger partial charge in [-0.25, -0.2) is 4.99 Å². The highest BCUT2D eigenvalue weighted by atomic mass is 16.5. The van der Waals surface area contributed by atoms with Crippen molar-refractivity contribution in [2.45, 2.75) is 64.1 Å². The minimum absolute atomic E-state index is 0.431. The van der Waals surface area contributed by atoms with Crippen molar-refractivity contribution in [3.8, 4) is 0 Å². The SMILES string of the molecule is Cc1nnc(CN=C(NCC(C)(O)CN2CCOCC2)NC2CCCCC2)n1C. The molecule has 3 rings (SSSR count). The number of β-amino-alcohol motifs (C(OH)–C–C–N with tert-alkyl or cyclic N) is 1. The molecule has 0 amide bonds. The third-order valence-corrected chi connectivity index (χ3v) is 5.81. The zero-order chi connectivity index (χ0) is 20.7. The second kappa shape index (κ2) is 10.4. The van der Waals surface area contributed by atoms with Crippen LogP contribution in [0.5, 0.6) is 0 Å². The third-order valence-electron chi connectivity index (χ3n) is 5.81. The summed E-state index contributed by atoms with van der Waals surface area (Å²) in [7, 11) is 1.95. The van der Waals surface area contributed by atoms with Gasteiger partial charge in [-0.2, -0.15) is 0 Å². The Morgan fingerprint density at radius 3 is 2.62 bits per heavy atom. The fourth-order valence-electron chi connectivity index (χ4n) is 3.90. The number of hydrogen-bond acceptors (Lipinski definition) is 6. The van der Waals surface area contributed by atoms with E-state index < -0.39 is 5.60 Å². The number of nitrogens with one attached hydrogen (secondary N) is 2. The van der Waals surface area contributed by atoms with Crippen molar-refractivity contribution in [1.82, 2.24) is 30.3 Å². The first-order valence-corrected chi connectivity index (χ1v) is 10.9. The molecule has 164 valence electrons. The molecule has 0 radical (unpaired) electrons. The van der Waals surface area contributed by atoms with E-state index >= 15 is 0 Å². The highest BCUT2D eigenvalue weighted by Gasteiger charge is 2.26. The molecule has 1 aliphatic carbocycles. The molecule has 2 aliphatic rings. The molecule has 2 heterocycles. The van der Waals surface area contributed by atoms with Crippen LogP contribution in [-0.2, 0) is 18.3 Å². The minimum Gasteiger partial charge on any atom is -0.387 e. The van der Waals surface area contributed by atoms with Crippen LogP contribution in [0.15, 0.2) is 4.99 Å². The van der Waals surface area contributed by atoms with Crippen LogP contribution >= 0.6 is 0 Å². The van der Waals surface area contributed by atoms with Gasteiger partial charge in [0.2, 0.25) is 0 Å². The molecule has 0 spiro atoms. The predicted molar refractivity (Wildman–Crippen MR) is 113 cm³/mol. The number of aliphatic hydroxyl groups is 1. The van der Waals surface area contributed by atoms with E-state index in [9.17, 15) is 5.11 Å². The molecule has 1 unspecified atom stereocenters. The number of guanidine groups is 1. The van der Waals surface area contributed by atoms with Gasteiger partial charge in [0.1, 0.15) is 12.4 Å². The first-order chi connectivity index (χ1) is 13.9. The smallest absolute Gasteiger partial charge is 0.192 e. The molecule has 1 aromatic rings. The number of hydrogen-bond donors (Lipinski definition) is 3. The molecule has 1 saturated heterocycles. The lowest BCUT2D eigenvalue weighted by molar-refractivity contribution is -0.0201. The van der Waals surface area contributed by atoms with Crippen molar-refractivity contribution in [1.29, 1.82) is 0 Å². The van der Waals surface area contributed by atoms with Gasteiger partial charge in [-0.05, 0) is 26.7 Å². The zero-order valence-electron chi connectivity index (χ0n) is 18.2. The summed E-state index contributed by atoms with van der Waals surface area (Å²) < 4.78 is 7.36. The molecule has 1 aliphatic heterocycles. The van der Waals surface area contributed by atoms with Crippen molar-refractivity contribution in [2.24, 2.45) is 12.0 Å². The van der Waals surface area contributed by atoms with Crippen molar-refractivity contribution >= 4 is 5.96 Å². The van der Waals surface area contributed by atoms with Crippen LogP contribution in [0.3, 0.4) is 0 Å². The minimum atomic E-state index is -0.853. The van der Waals surface area contributed by atoms with E-state index in [0.29, 0.717) is 25.7 Å². The number of aryl methyl sites for hydroxylation is 1. The van der Waals surface area contributed by atoms with Gasteiger partial charge in [0, 0.05) is 39.3 Å². The quantitative estimate of drug-likeness (QED) is 0.449. The number of aromatic nitrogens is 3. The average molecular weight is 408 g/mol. The number of ether oxygens (including phenoxy) is 1. The molecular formula is C20H37N7O2. The molecular weight excluding hydrogens is 370 g/mol. The molecule has 2 fully saturated rings. The number of aliphatic imine (C=N–C) groups is 1. The predicted octanol–water partition coefficient (Wildman–Crippen LogP) is 0.575. The first kappa shape index (κ1) is 22.0. The summed E-state index contributed by atoms with van der Waals surface area (Å²) in [5, 5.41) is 26.1. The molecule has 9 nitrogen and oxygen atoms in total. The maximum Gasteiger partial charge on any atom is 0.192 e. The summed E-state index contributed by atoms with van der Waals surface area (Å²) in [6, 6.07) is 0.431. The van der Waals surface area contributed by atoms with Gasteiger partial charge in [-0.1, -0.05) is 19.3 Å². The second-order valence-electron chi connectivity index (χ2n) is 8.61. The van der Waals surface area contributed by atoms with Crippen LogP contribution in [-0.4, -0.2) is 81.8 Å². The largest absolute Gasteiger partial charge is 0.387 e. The van der Waals surface area contributed by atoms with Crippen molar-refractivity contribution in [2.75, 3.05) is 39.4 Å². The van der Waals surface area contributed by atoms with Gasteiger partial charge in [-0.15, -0.1) is 10.2 Å². The molecule has 9 heteroatoms.